The van der Waals surface area contributed by atoms with Crippen LogP contribution in [0.4, 0.5) is 0 Å². The lowest BCUT2D eigenvalue weighted by atomic mass is 9.70. The van der Waals surface area contributed by atoms with E-state index in [1.165, 1.54) is 11.1 Å². The number of fused-ring (bicyclic) bond motifs is 6. The fourth-order valence-corrected chi connectivity index (χ4v) is 5.80. The van der Waals surface area contributed by atoms with E-state index in [1.54, 1.807) is 7.11 Å². The van der Waals surface area contributed by atoms with Crippen LogP contribution < -0.4 is 9.47 Å². The molecule has 0 bridgehead atoms. The molecule has 1 aliphatic carbocycles. The molecule has 0 amide bonds. The van der Waals surface area contributed by atoms with Gasteiger partial charge in [0.2, 0.25) is 0 Å². The standard InChI is InChI=1S/C26H30O5/c1-26(2)21-14-19-18-9-8-17(29-3)13-16(18)5-4-6-22(19)30-25(21)20-11-15(12-24(27)28)7-10-23(20)31-26/h7-11,13,19,21-22,25H,4-6,12,14H2,1-3H3,(H,27,28)/t19-,21-,22-,25+/m0/s1. The highest BCUT2D eigenvalue weighted by Crippen LogP contribution is 2.55. The molecule has 164 valence electrons. The zero-order valence-corrected chi connectivity index (χ0v) is 18.4. The minimum absolute atomic E-state index is 0.00925. The van der Waals surface area contributed by atoms with Gasteiger partial charge in [0.25, 0.3) is 0 Å². The Morgan fingerprint density at radius 3 is 2.81 bits per heavy atom. The van der Waals surface area contributed by atoms with Crippen molar-refractivity contribution in [3.05, 3.63) is 58.7 Å². The summed E-state index contributed by atoms with van der Waals surface area (Å²) in [6.07, 6.45) is 4.23. The Hall–Kier alpha value is -2.53. The first-order valence-corrected chi connectivity index (χ1v) is 11.2. The molecule has 2 aromatic rings. The van der Waals surface area contributed by atoms with Gasteiger partial charge in [-0.3, -0.25) is 4.79 Å². The number of hydrogen-bond donors (Lipinski definition) is 1. The van der Waals surface area contributed by atoms with Crippen molar-refractivity contribution < 1.29 is 24.1 Å². The van der Waals surface area contributed by atoms with Gasteiger partial charge in [-0.05, 0) is 80.5 Å². The van der Waals surface area contributed by atoms with E-state index in [-0.39, 0.29) is 30.1 Å². The second kappa shape index (κ2) is 7.56. The Kier molecular flexibility index (Phi) is 4.97. The number of hydrogen-bond acceptors (Lipinski definition) is 4. The summed E-state index contributed by atoms with van der Waals surface area (Å²) in [4.78, 5) is 11.2. The third-order valence-electron chi connectivity index (χ3n) is 7.33. The summed E-state index contributed by atoms with van der Waals surface area (Å²) < 4.78 is 18.7. The number of aliphatic carboxylic acids is 1. The normalized spacial score (nSPS) is 28.1. The van der Waals surface area contributed by atoms with Gasteiger partial charge in [-0.1, -0.05) is 12.1 Å². The molecule has 5 heteroatoms. The summed E-state index contributed by atoms with van der Waals surface area (Å²) in [7, 11) is 1.72. The average molecular weight is 423 g/mol. The van der Waals surface area contributed by atoms with Crippen LogP contribution in [-0.2, 0) is 22.4 Å². The molecular weight excluding hydrogens is 392 g/mol. The first-order valence-electron chi connectivity index (χ1n) is 11.2. The Morgan fingerprint density at radius 2 is 2.03 bits per heavy atom. The predicted molar refractivity (Wildman–Crippen MR) is 117 cm³/mol. The molecule has 0 unspecified atom stereocenters. The van der Waals surface area contributed by atoms with Crippen LogP contribution in [0.3, 0.4) is 0 Å². The number of carboxylic acid groups (broad SMARTS) is 1. The zero-order valence-electron chi connectivity index (χ0n) is 18.4. The van der Waals surface area contributed by atoms with Crippen LogP contribution in [0.2, 0.25) is 0 Å². The summed E-state index contributed by atoms with van der Waals surface area (Å²) >= 11 is 0. The molecule has 5 nitrogen and oxygen atoms in total. The molecule has 0 radical (unpaired) electrons. The van der Waals surface area contributed by atoms with Crippen molar-refractivity contribution in [1.82, 2.24) is 0 Å². The van der Waals surface area contributed by atoms with Crippen LogP contribution in [-0.4, -0.2) is 29.9 Å². The summed E-state index contributed by atoms with van der Waals surface area (Å²) in [5.74, 6) is 1.42. The van der Waals surface area contributed by atoms with Crippen LogP contribution in [0, 0.1) is 5.92 Å². The molecule has 0 aromatic heterocycles. The van der Waals surface area contributed by atoms with Crippen molar-refractivity contribution in [2.45, 2.75) is 69.7 Å². The number of benzene rings is 2. The van der Waals surface area contributed by atoms with Gasteiger partial charge < -0.3 is 19.3 Å². The number of methoxy groups -OCH3 is 1. The Bertz CT molecular complexity index is 1010. The van der Waals surface area contributed by atoms with E-state index in [0.717, 1.165) is 48.3 Å². The molecule has 2 heterocycles. The summed E-state index contributed by atoms with van der Waals surface area (Å²) in [5, 5.41) is 9.23. The first-order chi connectivity index (χ1) is 14.9. The minimum atomic E-state index is -0.825. The predicted octanol–water partition coefficient (Wildman–Crippen LogP) is 5.06. The van der Waals surface area contributed by atoms with E-state index in [1.807, 2.05) is 18.2 Å². The Morgan fingerprint density at radius 1 is 1.19 bits per heavy atom. The van der Waals surface area contributed by atoms with Crippen molar-refractivity contribution in [2.75, 3.05) is 7.11 Å². The summed E-state index contributed by atoms with van der Waals surface area (Å²) in [5.41, 5.74) is 4.17. The highest BCUT2D eigenvalue weighted by Gasteiger charge is 2.51. The third-order valence-corrected chi connectivity index (χ3v) is 7.33. The van der Waals surface area contributed by atoms with Crippen molar-refractivity contribution in [1.29, 1.82) is 0 Å². The maximum atomic E-state index is 11.2. The molecule has 31 heavy (non-hydrogen) atoms. The van der Waals surface area contributed by atoms with Crippen LogP contribution >= 0.6 is 0 Å². The molecule has 2 aromatic carbocycles. The maximum absolute atomic E-state index is 11.2. The number of carboxylic acids is 1. The van der Waals surface area contributed by atoms with Crippen molar-refractivity contribution in [2.24, 2.45) is 5.92 Å². The van der Waals surface area contributed by atoms with Gasteiger partial charge in [-0.15, -0.1) is 0 Å². The minimum Gasteiger partial charge on any atom is -0.497 e. The van der Waals surface area contributed by atoms with Gasteiger partial charge in [-0.25, -0.2) is 0 Å². The monoisotopic (exact) mass is 422 g/mol. The Balaban J connectivity index is 1.53. The molecule has 2 aliphatic heterocycles. The van der Waals surface area contributed by atoms with E-state index in [9.17, 15) is 9.90 Å². The first kappa shape index (κ1) is 20.4. The fourth-order valence-electron chi connectivity index (χ4n) is 5.80. The molecule has 5 rings (SSSR count). The SMILES string of the molecule is COc1ccc2c(c1)CCC[C@@H]1O[C@@H]3c4cc(CC(=O)O)ccc4OC(C)(C)[C@H]3C[C@@H]21. The topological polar surface area (TPSA) is 65.0 Å². The second-order valence-corrected chi connectivity index (χ2v) is 9.65. The maximum Gasteiger partial charge on any atom is 0.307 e. The van der Waals surface area contributed by atoms with Gasteiger partial charge in [0.05, 0.1) is 25.7 Å². The van der Waals surface area contributed by atoms with Gasteiger partial charge in [-0.2, -0.15) is 0 Å². The third kappa shape index (κ3) is 3.59. The highest BCUT2D eigenvalue weighted by molar-refractivity contribution is 5.70. The molecule has 0 saturated carbocycles. The van der Waals surface area contributed by atoms with E-state index in [2.05, 4.69) is 32.0 Å². The van der Waals surface area contributed by atoms with Gasteiger partial charge >= 0.3 is 5.97 Å². The van der Waals surface area contributed by atoms with Crippen molar-refractivity contribution >= 4 is 5.97 Å². The molecule has 1 saturated heterocycles. The number of aryl methyl sites for hydroxylation is 1. The van der Waals surface area contributed by atoms with Gasteiger partial charge in [0, 0.05) is 17.4 Å². The molecule has 1 fully saturated rings. The Labute approximate surface area is 183 Å². The summed E-state index contributed by atoms with van der Waals surface area (Å²) in [6.45, 7) is 4.29. The van der Waals surface area contributed by atoms with Crippen LogP contribution in [0.1, 0.15) is 67.4 Å². The number of rotatable bonds is 3. The zero-order chi connectivity index (χ0) is 21.8. The highest BCUT2D eigenvalue weighted by atomic mass is 16.5. The number of ether oxygens (including phenoxy) is 3. The quantitative estimate of drug-likeness (QED) is 0.749. The van der Waals surface area contributed by atoms with Crippen LogP contribution in [0.25, 0.3) is 0 Å². The lowest BCUT2D eigenvalue weighted by Crippen LogP contribution is -2.50. The molecular formula is C26H30O5. The molecule has 1 N–H and O–H groups in total. The van der Waals surface area contributed by atoms with Gasteiger partial charge in [0.15, 0.2) is 0 Å². The van der Waals surface area contributed by atoms with E-state index < -0.39 is 5.97 Å². The average Bonchev–Trinajstić information content (AvgIpc) is 2.91. The molecule has 4 atom stereocenters. The number of carbonyl (C=O) groups is 1. The van der Waals surface area contributed by atoms with Crippen LogP contribution in [0.15, 0.2) is 36.4 Å². The fraction of sp³-hybridized carbons (Fsp3) is 0.500. The second-order valence-electron chi connectivity index (χ2n) is 9.65. The lowest BCUT2D eigenvalue weighted by Gasteiger charge is -2.51. The largest absolute Gasteiger partial charge is 0.497 e. The van der Waals surface area contributed by atoms with Crippen LogP contribution in [0.5, 0.6) is 11.5 Å². The van der Waals surface area contributed by atoms with Gasteiger partial charge in [0.1, 0.15) is 17.1 Å². The smallest absolute Gasteiger partial charge is 0.307 e. The van der Waals surface area contributed by atoms with E-state index >= 15 is 0 Å². The van der Waals surface area contributed by atoms with E-state index in [0.29, 0.717) is 5.92 Å². The van der Waals surface area contributed by atoms with Crippen molar-refractivity contribution in [3.8, 4) is 11.5 Å². The molecule has 3 aliphatic rings. The lowest BCUT2D eigenvalue weighted by molar-refractivity contribution is -0.159. The molecule has 0 spiro atoms. The van der Waals surface area contributed by atoms with E-state index in [4.69, 9.17) is 14.2 Å². The van der Waals surface area contributed by atoms with Crippen molar-refractivity contribution in [3.63, 3.8) is 0 Å². The summed E-state index contributed by atoms with van der Waals surface area (Å²) in [6, 6.07) is 12.2.